The van der Waals surface area contributed by atoms with Gasteiger partial charge in [-0.3, -0.25) is 4.79 Å². The molecular formula is C32H43N3O4S. The molecule has 2 amide bonds. The Morgan fingerprint density at radius 2 is 1.68 bits per heavy atom. The van der Waals surface area contributed by atoms with Crippen LogP contribution in [0.15, 0.2) is 41.8 Å². The minimum Gasteiger partial charge on any atom is -0.399 e. The summed E-state index contributed by atoms with van der Waals surface area (Å²) in [7, 11) is 0. The Labute approximate surface area is 242 Å². The lowest BCUT2D eigenvalue weighted by molar-refractivity contribution is 0.0142. The molecule has 3 aliphatic heterocycles. The highest BCUT2D eigenvalue weighted by molar-refractivity contribution is 7.11. The van der Waals surface area contributed by atoms with Crippen molar-refractivity contribution < 1.29 is 19.1 Å². The van der Waals surface area contributed by atoms with Gasteiger partial charge in [-0.25, -0.2) is 4.79 Å². The molecule has 8 heteroatoms. The Bertz CT molecular complexity index is 1150. The summed E-state index contributed by atoms with van der Waals surface area (Å²) in [5, 5.41) is 2.59. The third kappa shape index (κ3) is 5.95. The van der Waals surface area contributed by atoms with Gasteiger partial charge in [0.2, 0.25) is 0 Å². The number of likely N-dealkylation sites (tertiary alicyclic amines) is 2. The molecule has 2 unspecified atom stereocenters. The summed E-state index contributed by atoms with van der Waals surface area (Å²) in [5.74, 6) is 1.51. The molecule has 4 aliphatic rings. The number of carbonyl (C=O) groups is 2. The van der Waals surface area contributed by atoms with Crippen LogP contribution in [0.4, 0.5) is 4.79 Å². The molecule has 2 atom stereocenters. The van der Waals surface area contributed by atoms with Crippen molar-refractivity contribution in [1.29, 1.82) is 0 Å². The molecule has 1 aliphatic carbocycles. The predicted molar refractivity (Wildman–Crippen MR) is 157 cm³/mol. The number of fused-ring (bicyclic) bond motifs is 1. The van der Waals surface area contributed by atoms with Gasteiger partial charge in [0.1, 0.15) is 0 Å². The Hall–Kier alpha value is -2.42. The standard InChI is InChI=1S/C32H43N3O4S/c1-32(2,3)23-8-6-22(7-9-23)30(36)34-19-26-27(20-34)28(26)21-35(31(37)39-29-5-4-18-40-29)25-10-14-33(15-11-25)24-12-16-38-17-13-24/h4-9,18,24-28H,10-17,19-21H2,1-3H3. The zero-order valence-electron chi connectivity index (χ0n) is 24.1. The predicted octanol–water partition coefficient (Wildman–Crippen LogP) is 5.51. The Kier molecular flexibility index (Phi) is 7.94. The van der Waals surface area contributed by atoms with E-state index in [1.165, 1.54) is 16.9 Å². The minimum atomic E-state index is -0.219. The van der Waals surface area contributed by atoms with Crippen molar-refractivity contribution in [2.45, 2.75) is 64.0 Å². The number of nitrogens with zero attached hydrogens (tertiary/aromatic N) is 3. The van der Waals surface area contributed by atoms with Gasteiger partial charge in [-0.05, 0) is 84.1 Å². The summed E-state index contributed by atoms with van der Waals surface area (Å²) in [5.41, 5.74) is 2.08. The molecule has 7 nitrogen and oxygen atoms in total. The average Bonchev–Trinajstić information content (AvgIpc) is 3.32. The number of thiophene rings is 1. The van der Waals surface area contributed by atoms with E-state index in [0.717, 1.165) is 77.2 Å². The van der Waals surface area contributed by atoms with Crippen LogP contribution in [0.5, 0.6) is 5.06 Å². The second kappa shape index (κ2) is 11.5. The Morgan fingerprint density at radius 1 is 1.00 bits per heavy atom. The summed E-state index contributed by atoms with van der Waals surface area (Å²) in [4.78, 5) is 33.3. The smallest absolute Gasteiger partial charge is 0.399 e. The lowest BCUT2D eigenvalue weighted by atomic mass is 9.86. The van der Waals surface area contributed by atoms with Crippen molar-refractivity contribution in [2.75, 3.05) is 45.9 Å². The van der Waals surface area contributed by atoms with Gasteiger partial charge in [-0.1, -0.05) is 32.9 Å². The molecule has 3 saturated heterocycles. The summed E-state index contributed by atoms with van der Waals surface area (Å²) >= 11 is 1.46. The van der Waals surface area contributed by atoms with Crippen molar-refractivity contribution in [2.24, 2.45) is 17.8 Å². The van der Waals surface area contributed by atoms with Crippen molar-refractivity contribution in [3.05, 3.63) is 52.9 Å². The molecule has 0 spiro atoms. The maximum absolute atomic E-state index is 13.4. The van der Waals surface area contributed by atoms with E-state index in [4.69, 9.17) is 9.47 Å². The first-order valence-corrected chi connectivity index (χ1v) is 15.9. The largest absolute Gasteiger partial charge is 0.416 e. The zero-order chi connectivity index (χ0) is 27.9. The first-order chi connectivity index (χ1) is 19.3. The minimum absolute atomic E-state index is 0.0715. The van der Waals surface area contributed by atoms with Crippen LogP contribution in [0.25, 0.3) is 0 Å². The van der Waals surface area contributed by atoms with Crippen LogP contribution < -0.4 is 4.74 Å². The Morgan fingerprint density at radius 3 is 2.27 bits per heavy atom. The Balaban J connectivity index is 1.06. The highest BCUT2D eigenvalue weighted by atomic mass is 32.1. The number of hydrogen-bond acceptors (Lipinski definition) is 6. The molecule has 2 aromatic rings. The van der Waals surface area contributed by atoms with Gasteiger partial charge < -0.3 is 24.2 Å². The van der Waals surface area contributed by atoms with Crippen LogP contribution in [-0.2, 0) is 10.2 Å². The summed E-state index contributed by atoms with van der Waals surface area (Å²) in [6.45, 7) is 12.6. The zero-order valence-corrected chi connectivity index (χ0v) is 24.9. The first-order valence-electron chi connectivity index (χ1n) is 15.0. The van der Waals surface area contributed by atoms with Gasteiger partial charge in [0.15, 0.2) is 5.06 Å². The molecule has 216 valence electrons. The molecule has 0 N–H and O–H groups in total. The fourth-order valence-corrected chi connectivity index (χ4v) is 7.63. The highest BCUT2D eigenvalue weighted by Crippen LogP contribution is 2.52. The lowest BCUT2D eigenvalue weighted by Gasteiger charge is -2.42. The van der Waals surface area contributed by atoms with E-state index >= 15 is 0 Å². The van der Waals surface area contributed by atoms with Crippen LogP contribution in [0, 0.1) is 17.8 Å². The van der Waals surface area contributed by atoms with Gasteiger partial charge >= 0.3 is 6.09 Å². The van der Waals surface area contributed by atoms with Gasteiger partial charge in [0.05, 0.1) is 0 Å². The molecule has 6 rings (SSSR count). The van der Waals surface area contributed by atoms with Crippen LogP contribution in [0.3, 0.4) is 0 Å². The highest BCUT2D eigenvalue weighted by Gasteiger charge is 2.57. The monoisotopic (exact) mass is 565 g/mol. The third-order valence-electron chi connectivity index (χ3n) is 9.63. The molecule has 0 bridgehead atoms. The molecule has 40 heavy (non-hydrogen) atoms. The fraction of sp³-hybridized carbons (Fsp3) is 0.625. The van der Waals surface area contributed by atoms with E-state index in [0.29, 0.717) is 28.9 Å². The second-order valence-corrected chi connectivity index (χ2v) is 14.0. The fourth-order valence-electron chi connectivity index (χ4n) is 7.06. The average molecular weight is 566 g/mol. The number of rotatable bonds is 6. The number of hydrogen-bond donors (Lipinski definition) is 0. The van der Waals surface area contributed by atoms with Crippen molar-refractivity contribution in [3.63, 3.8) is 0 Å². The van der Waals surface area contributed by atoms with E-state index in [2.05, 4.69) is 37.8 Å². The number of amides is 2. The van der Waals surface area contributed by atoms with E-state index in [1.54, 1.807) is 0 Å². The summed E-state index contributed by atoms with van der Waals surface area (Å²) in [6, 6.07) is 12.7. The normalized spacial score (nSPS) is 26.0. The van der Waals surface area contributed by atoms with E-state index in [9.17, 15) is 9.59 Å². The van der Waals surface area contributed by atoms with Crippen LogP contribution >= 0.6 is 11.3 Å². The quantitative estimate of drug-likeness (QED) is 0.462. The van der Waals surface area contributed by atoms with Crippen molar-refractivity contribution in [1.82, 2.24) is 14.7 Å². The number of benzene rings is 1. The van der Waals surface area contributed by atoms with Crippen LogP contribution in [0.1, 0.15) is 62.4 Å². The maximum atomic E-state index is 13.4. The maximum Gasteiger partial charge on any atom is 0.416 e. The van der Waals surface area contributed by atoms with E-state index in [-0.39, 0.29) is 23.5 Å². The van der Waals surface area contributed by atoms with Crippen LogP contribution in [-0.4, -0.2) is 84.7 Å². The first kappa shape index (κ1) is 27.7. The molecular weight excluding hydrogens is 522 g/mol. The molecule has 4 fully saturated rings. The van der Waals surface area contributed by atoms with Gasteiger partial charge in [-0.15, -0.1) is 11.3 Å². The molecule has 1 aromatic carbocycles. The second-order valence-electron chi connectivity index (χ2n) is 13.1. The third-order valence-corrected chi connectivity index (χ3v) is 10.4. The van der Waals surface area contributed by atoms with E-state index < -0.39 is 0 Å². The van der Waals surface area contributed by atoms with E-state index in [1.807, 2.05) is 39.4 Å². The summed E-state index contributed by atoms with van der Waals surface area (Å²) < 4.78 is 11.4. The topological polar surface area (TPSA) is 62.3 Å². The lowest BCUT2D eigenvalue weighted by Crippen LogP contribution is -2.52. The van der Waals surface area contributed by atoms with Gasteiger partial charge in [-0.2, -0.15) is 0 Å². The molecule has 0 radical (unpaired) electrons. The van der Waals surface area contributed by atoms with Crippen molar-refractivity contribution in [3.8, 4) is 5.06 Å². The van der Waals surface area contributed by atoms with Crippen molar-refractivity contribution >= 4 is 23.3 Å². The van der Waals surface area contributed by atoms with Gasteiger partial charge in [0.25, 0.3) is 5.91 Å². The van der Waals surface area contributed by atoms with Crippen LogP contribution in [0.2, 0.25) is 0 Å². The van der Waals surface area contributed by atoms with Gasteiger partial charge in [0, 0.05) is 63.6 Å². The SMILES string of the molecule is CC(C)(C)c1ccc(C(=O)N2CC3C(C2)C3CN(C(=O)Oc2cccs2)C2CCN(C3CCOCC3)CC2)cc1. The number of ether oxygens (including phenoxy) is 2. The molecule has 4 heterocycles. The number of carbonyl (C=O) groups excluding carboxylic acids is 2. The number of piperidine rings is 2. The molecule has 1 aromatic heterocycles. The summed E-state index contributed by atoms with van der Waals surface area (Å²) in [6.07, 6.45) is 3.96. The molecule has 1 saturated carbocycles.